The van der Waals surface area contributed by atoms with Gasteiger partial charge in [0.2, 0.25) is 0 Å². The van der Waals surface area contributed by atoms with E-state index in [-0.39, 0.29) is 0 Å². The van der Waals surface area contributed by atoms with E-state index < -0.39 is 0 Å². The third kappa shape index (κ3) is 1.76. The first-order chi connectivity index (χ1) is 9.76. The molecule has 3 saturated heterocycles. The smallest absolute Gasteiger partial charge is 0.120 e. The zero-order valence-corrected chi connectivity index (χ0v) is 12.3. The summed E-state index contributed by atoms with van der Waals surface area (Å²) < 4.78 is 5.34. The largest absolute Gasteiger partial charge is 0.497 e. The monoisotopic (exact) mass is 270 g/mol. The number of aryl methyl sites for hydroxylation is 1. The molecule has 106 valence electrons. The van der Waals surface area contributed by atoms with Crippen molar-refractivity contribution in [2.45, 2.75) is 25.7 Å². The molecule has 1 aromatic heterocycles. The maximum atomic E-state index is 5.34. The van der Waals surface area contributed by atoms with E-state index in [1.165, 1.54) is 49.1 Å². The molecule has 20 heavy (non-hydrogen) atoms. The summed E-state index contributed by atoms with van der Waals surface area (Å²) in [7, 11) is 1.73. The number of fused-ring (bicyclic) bond motifs is 4. The minimum Gasteiger partial charge on any atom is -0.497 e. The molecule has 3 aliphatic heterocycles. The highest BCUT2D eigenvalue weighted by atomic mass is 16.5. The number of methoxy groups -OCH3 is 1. The van der Waals surface area contributed by atoms with Crippen molar-refractivity contribution < 1.29 is 4.74 Å². The van der Waals surface area contributed by atoms with Crippen molar-refractivity contribution in [3.05, 3.63) is 29.5 Å². The molecule has 3 nitrogen and oxygen atoms in total. The van der Waals surface area contributed by atoms with Gasteiger partial charge in [0.25, 0.3) is 0 Å². The molecule has 3 heteroatoms. The molecule has 3 fully saturated rings. The van der Waals surface area contributed by atoms with Gasteiger partial charge in [-0.25, -0.2) is 0 Å². The molecular weight excluding hydrogens is 248 g/mol. The highest BCUT2D eigenvalue weighted by molar-refractivity contribution is 5.86. The number of nitrogens with one attached hydrogen (secondary N) is 1. The van der Waals surface area contributed by atoms with E-state index in [9.17, 15) is 0 Å². The van der Waals surface area contributed by atoms with E-state index in [0.717, 1.165) is 11.7 Å². The summed E-state index contributed by atoms with van der Waals surface area (Å²) >= 11 is 0. The number of ether oxygens (including phenoxy) is 1. The molecule has 3 aliphatic rings. The molecule has 0 radical (unpaired) electrons. The summed E-state index contributed by atoms with van der Waals surface area (Å²) in [5, 5.41) is 1.39. The Bertz CT molecular complexity index is 638. The van der Waals surface area contributed by atoms with Gasteiger partial charge in [-0.15, -0.1) is 0 Å². The lowest BCUT2D eigenvalue weighted by Gasteiger charge is -2.45. The SMILES string of the molecule is COc1ccc2c(C3CN4CCC3CC4)c(C)[nH]c2c1. The predicted molar refractivity (Wildman–Crippen MR) is 81.5 cm³/mol. The van der Waals surface area contributed by atoms with Crippen LogP contribution in [0.4, 0.5) is 0 Å². The maximum absolute atomic E-state index is 5.34. The fourth-order valence-electron chi connectivity index (χ4n) is 4.23. The van der Waals surface area contributed by atoms with Crippen molar-refractivity contribution in [2.24, 2.45) is 5.92 Å². The second-order valence-corrected chi connectivity index (χ2v) is 6.32. The van der Waals surface area contributed by atoms with Gasteiger partial charge in [-0.3, -0.25) is 0 Å². The van der Waals surface area contributed by atoms with Crippen LogP contribution < -0.4 is 4.74 Å². The molecular formula is C17H22N2O. The van der Waals surface area contributed by atoms with E-state index in [1.54, 1.807) is 12.7 Å². The van der Waals surface area contributed by atoms with Crippen molar-refractivity contribution in [1.29, 1.82) is 0 Å². The number of benzene rings is 1. The molecule has 1 atom stereocenters. The first-order valence-electron chi connectivity index (χ1n) is 7.65. The van der Waals surface area contributed by atoms with E-state index in [1.807, 2.05) is 0 Å². The first-order valence-corrected chi connectivity index (χ1v) is 7.65. The van der Waals surface area contributed by atoms with Gasteiger partial charge in [0.15, 0.2) is 0 Å². The lowest BCUT2D eigenvalue weighted by atomic mass is 9.75. The topological polar surface area (TPSA) is 28.3 Å². The van der Waals surface area contributed by atoms with Crippen LogP contribution in [0, 0.1) is 12.8 Å². The summed E-state index contributed by atoms with van der Waals surface area (Å²) in [6, 6.07) is 6.43. The maximum Gasteiger partial charge on any atom is 0.120 e. The van der Waals surface area contributed by atoms with Crippen molar-refractivity contribution in [2.75, 3.05) is 26.7 Å². The first kappa shape index (κ1) is 12.3. The summed E-state index contributed by atoms with van der Waals surface area (Å²) in [6.07, 6.45) is 2.74. The minimum absolute atomic E-state index is 0.708. The van der Waals surface area contributed by atoms with Gasteiger partial charge in [-0.05, 0) is 56.5 Å². The molecule has 1 unspecified atom stereocenters. The Kier molecular flexibility index (Phi) is 2.77. The Balaban J connectivity index is 1.81. The summed E-state index contributed by atoms with van der Waals surface area (Å²) in [4.78, 5) is 6.19. The summed E-state index contributed by atoms with van der Waals surface area (Å²) in [5.41, 5.74) is 4.11. The Hall–Kier alpha value is -1.48. The zero-order valence-electron chi connectivity index (χ0n) is 12.3. The number of piperidine rings is 3. The van der Waals surface area contributed by atoms with Gasteiger partial charge in [0.05, 0.1) is 7.11 Å². The number of nitrogens with zero attached hydrogens (tertiary/aromatic N) is 1. The van der Waals surface area contributed by atoms with E-state index >= 15 is 0 Å². The molecule has 2 bridgehead atoms. The molecule has 4 heterocycles. The van der Waals surface area contributed by atoms with Crippen LogP contribution in [0.3, 0.4) is 0 Å². The summed E-state index contributed by atoms with van der Waals surface area (Å²) in [6.45, 7) is 6.07. The van der Waals surface area contributed by atoms with Crippen molar-refractivity contribution >= 4 is 10.9 Å². The zero-order chi connectivity index (χ0) is 13.7. The predicted octanol–water partition coefficient (Wildman–Crippen LogP) is 3.29. The molecule has 0 aliphatic carbocycles. The molecule has 5 rings (SSSR count). The van der Waals surface area contributed by atoms with E-state index in [0.29, 0.717) is 5.92 Å². The number of hydrogen-bond donors (Lipinski definition) is 1. The summed E-state index contributed by atoms with van der Waals surface area (Å²) in [5.74, 6) is 2.51. The standard InChI is InChI=1S/C17H22N2O/c1-11-17(15-10-19-7-5-12(15)6-8-19)14-4-3-13(20-2)9-16(14)18-11/h3-4,9,12,15,18H,5-8,10H2,1-2H3. The van der Waals surface area contributed by atoms with E-state index in [4.69, 9.17) is 4.74 Å². The molecule has 1 aromatic carbocycles. The number of H-pyrrole nitrogens is 1. The van der Waals surface area contributed by atoms with Crippen LogP contribution in [0.25, 0.3) is 10.9 Å². The van der Waals surface area contributed by atoms with Gasteiger partial charge >= 0.3 is 0 Å². The lowest BCUT2D eigenvalue weighted by molar-refractivity contribution is 0.0874. The normalized spacial score (nSPS) is 29.0. The lowest BCUT2D eigenvalue weighted by Crippen LogP contribution is -2.46. The van der Waals surface area contributed by atoms with Crippen LogP contribution in [0.5, 0.6) is 5.75 Å². The Morgan fingerprint density at radius 3 is 2.70 bits per heavy atom. The van der Waals surface area contributed by atoms with Crippen LogP contribution in [0.15, 0.2) is 18.2 Å². The highest BCUT2D eigenvalue weighted by Gasteiger charge is 2.36. The fourth-order valence-corrected chi connectivity index (χ4v) is 4.23. The molecule has 2 aromatic rings. The van der Waals surface area contributed by atoms with Gasteiger partial charge in [0, 0.05) is 35.1 Å². The van der Waals surface area contributed by atoms with E-state index in [2.05, 4.69) is 35.0 Å². The number of rotatable bonds is 2. The molecule has 0 spiro atoms. The molecule has 1 N–H and O–H groups in total. The third-order valence-corrected chi connectivity index (χ3v) is 5.27. The average molecular weight is 270 g/mol. The molecule has 0 amide bonds. The number of aromatic amines is 1. The van der Waals surface area contributed by atoms with Crippen LogP contribution in [-0.4, -0.2) is 36.6 Å². The van der Waals surface area contributed by atoms with Crippen molar-refractivity contribution in [3.63, 3.8) is 0 Å². The fraction of sp³-hybridized carbons (Fsp3) is 0.529. The Morgan fingerprint density at radius 1 is 1.25 bits per heavy atom. The van der Waals surface area contributed by atoms with Gasteiger partial charge in [0.1, 0.15) is 5.75 Å². The number of hydrogen-bond acceptors (Lipinski definition) is 2. The second kappa shape index (κ2) is 4.52. The van der Waals surface area contributed by atoms with Gasteiger partial charge < -0.3 is 14.6 Å². The minimum atomic E-state index is 0.708. The van der Waals surface area contributed by atoms with Crippen molar-refractivity contribution in [3.8, 4) is 5.75 Å². The van der Waals surface area contributed by atoms with Gasteiger partial charge in [-0.1, -0.05) is 0 Å². The second-order valence-electron chi connectivity index (χ2n) is 6.32. The molecule has 0 saturated carbocycles. The Morgan fingerprint density at radius 2 is 2.05 bits per heavy atom. The number of aromatic nitrogens is 1. The van der Waals surface area contributed by atoms with Crippen LogP contribution in [0.2, 0.25) is 0 Å². The van der Waals surface area contributed by atoms with Crippen LogP contribution in [0.1, 0.15) is 30.0 Å². The Labute approximate surface area is 119 Å². The third-order valence-electron chi connectivity index (χ3n) is 5.27. The van der Waals surface area contributed by atoms with Gasteiger partial charge in [-0.2, -0.15) is 0 Å². The average Bonchev–Trinajstić information content (AvgIpc) is 2.83. The quantitative estimate of drug-likeness (QED) is 0.907. The highest BCUT2D eigenvalue weighted by Crippen LogP contribution is 2.43. The van der Waals surface area contributed by atoms with Crippen LogP contribution in [-0.2, 0) is 0 Å². The van der Waals surface area contributed by atoms with Crippen LogP contribution >= 0.6 is 0 Å². The van der Waals surface area contributed by atoms with Crippen molar-refractivity contribution in [1.82, 2.24) is 9.88 Å².